The van der Waals surface area contributed by atoms with Crippen molar-refractivity contribution >= 4 is 52.3 Å². The van der Waals surface area contributed by atoms with Crippen molar-refractivity contribution in [3.05, 3.63) is 87.2 Å². The molecular weight excluding hydrogens is 639 g/mol. The van der Waals surface area contributed by atoms with Gasteiger partial charge in [0.2, 0.25) is 17.7 Å². The molecule has 2 aliphatic heterocycles. The van der Waals surface area contributed by atoms with Crippen LogP contribution in [-0.4, -0.2) is 43.1 Å². The van der Waals surface area contributed by atoms with Gasteiger partial charge in [-0.3, -0.25) is 14.4 Å². The Hall–Kier alpha value is -3.87. The van der Waals surface area contributed by atoms with Gasteiger partial charge in [-0.15, -0.1) is 0 Å². The summed E-state index contributed by atoms with van der Waals surface area (Å²) in [5, 5.41) is 8.30. The molecule has 0 aliphatic carbocycles. The monoisotopic (exact) mass is 666 g/mol. The Kier molecular flexibility index (Phi) is 8.30. The molecule has 45 heavy (non-hydrogen) atoms. The van der Waals surface area contributed by atoms with E-state index in [4.69, 9.17) is 33.7 Å². The third kappa shape index (κ3) is 5.38. The number of nitrogens with two attached hydrogens (primary N) is 1. The number of benzene rings is 3. The molecule has 5 rings (SSSR count). The topological polar surface area (TPSA) is 123 Å². The molecule has 2 heterocycles. The lowest BCUT2D eigenvalue weighted by Gasteiger charge is -2.39. The smallest absolute Gasteiger partial charge is 0.394 e. The van der Waals surface area contributed by atoms with Crippen LogP contribution in [0.4, 0.5) is 28.9 Å². The molecule has 4 atom stereocenters. The molecule has 0 aromatic heterocycles. The van der Waals surface area contributed by atoms with Gasteiger partial charge in [0.1, 0.15) is 17.0 Å². The summed E-state index contributed by atoms with van der Waals surface area (Å²) in [6, 6.07) is 9.65. The fraction of sp³-hybridized carbons (Fsp3) is 0.323. The summed E-state index contributed by atoms with van der Waals surface area (Å²) < 4.78 is 64.2. The lowest BCUT2D eigenvalue weighted by Crippen LogP contribution is -2.51. The number of ether oxygens (including phenoxy) is 1. The number of amides is 3. The number of halogens is 6. The minimum absolute atomic E-state index is 0.0613. The van der Waals surface area contributed by atoms with E-state index in [9.17, 15) is 27.6 Å². The number of alkyl halides is 3. The largest absolute Gasteiger partial charge is 0.495 e. The van der Waals surface area contributed by atoms with Gasteiger partial charge in [0.15, 0.2) is 0 Å². The van der Waals surface area contributed by atoms with Crippen LogP contribution >= 0.6 is 23.2 Å². The summed E-state index contributed by atoms with van der Waals surface area (Å²) in [5.41, 5.74) is 1.59. The molecule has 1 spiro atoms. The van der Waals surface area contributed by atoms with Gasteiger partial charge >= 0.3 is 6.18 Å². The number of fused-ring (bicyclic) bond motifs is 2. The predicted octanol–water partition coefficient (Wildman–Crippen LogP) is 6.17. The van der Waals surface area contributed by atoms with Crippen molar-refractivity contribution < 1.29 is 36.7 Å². The van der Waals surface area contributed by atoms with Crippen molar-refractivity contribution in [2.24, 2.45) is 11.1 Å². The Morgan fingerprint density at radius 2 is 1.80 bits per heavy atom. The zero-order valence-corrected chi connectivity index (χ0v) is 25.6. The van der Waals surface area contributed by atoms with Crippen LogP contribution in [0.1, 0.15) is 47.7 Å². The number of rotatable bonds is 7. The standard InChI is InChI=1S/C31H28Cl2F4N4O4/c1-29(2,31(35,36)37)13-22-30(17-9-8-15(32)12-20(17)40-28(30)44)23(16-5-4-6-18(33)24(16)34)25(41-22)27(43)39-19-10-7-14(26(38)42)11-21(19)45-3/h4-12,22-23,25,41H,13H2,1-3H3,(H2,38,42)(H,39,43)(H,40,44)/t22-,23-,25+,30+/m0/s1. The minimum Gasteiger partial charge on any atom is -0.495 e. The predicted molar refractivity (Wildman–Crippen MR) is 161 cm³/mol. The second kappa shape index (κ2) is 11.5. The van der Waals surface area contributed by atoms with Crippen LogP contribution in [-0.2, 0) is 15.0 Å². The maximum Gasteiger partial charge on any atom is 0.394 e. The summed E-state index contributed by atoms with van der Waals surface area (Å²) in [5.74, 6) is -4.57. The third-order valence-corrected chi connectivity index (χ3v) is 9.16. The highest BCUT2D eigenvalue weighted by Gasteiger charge is 2.67. The van der Waals surface area contributed by atoms with Crippen molar-refractivity contribution in [1.82, 2.24) is 5.32 Å². The van der Waals surface area contributed by atoms with E-state index in [1.54, 1.807) is 0 Å². The molecule has 14 heteroatoms. The van der Waals surface area contributed by atoms with Crippen LogP contribution in [0, 0.1) is 11.2 Å². The Labute approximate surface area is 265 Å². The molecule has 3 amide bonds. The summed E-state index contributed by atoms with van der Waals surface area (Å²) in [7, 11) is 1.29. The molecule has 0 bridgehead atoms. The highest BCUT2D eigenvalue weighted by molar-refractivity contribution is 6.31. The number of methoxy groups -OCH3 is 1. The average molecular weight is 667 g/mol. The van der Waals surface area contributed by atoms with Crippen LogP contribution < -0.4 is 26.4 Å². The summed E-state index contributed by atoms with van der Waals surface area (Å²) in [6.07, 6.45) is -5.36. The van der Waals surface area contributed by atoms with Gasteiger partial charge < -0.3 is 26.4 Å². The zero-order valence-electron chi connectivity index (χ0n) is 24.1. The van der Waals surface area contributed by atoms with Crippen molar-refractivity contribution in [3.63, 3.8) is 0 Å². The lowest BCUT2D eigenvalue weighted by molar-refractivity contribution is -0.216. The van der Waals surface area contributed by atoms with Gasteiger partial charge in [0.05, 0.1) is 29.3 Å². The van der Waals surface area contributed by atoms with Crippen molar-refractivity contribution in [2.75, 3.05) is 17.7 Å². The Balaban J connectivity index is 1.73. The molecule has 2 aliphatic rings. The van der Waals surface area contributed by atoms with Gasteiger partial charge in [-0.05, 0) is 53.9 Å². The Morgan fingerprint density at radius 1 is 1.09 bits per heavy atom. The zero-order chi connectivity index (χ0) is 33.1. The molecule has 0 saturated carbocycles. The van der Waals surface area contributed by atoms with Gasteiger partial charge in [-0.25, -0.2) is 4.39 Å². The van der Waals surface area contributed by atoms with Crippen molar-refractivity contribution in [3.8, 4) is 5.75 Å². The first-order valence-electron chi connectivity index (χ1n) is 13.7. The summed E-state index contributed by atoms with van der Waals surface area (Å²) >= 11 is 12.4. The van der Waals surface area contributed by atoms with E-state index >= 15 is 4.39 Å². The summed E-state index contributed by atoms with van der Waals surface area (Å²) in [6.45, 7) is 1.98. The molecule has 3 aromatic carbocycles. The van der Waals surface area contributed by atoms with Crippen LogP contribution in [0.15, 0.2) is 54.6 Å². The van der Waals surface area contributed by atoms with E-state index in [1.165, 1.54) is 61.7 Å². The molecule has 1 saturated heterocycles. The number of nitrogens with one attached hydrogen (secondary N) is 3. The number of hydrogen-bond acceptors (Lipinski definition) is 5. The van der Waals surface area contributed by atoms with E-state index in [0.29, 0.717) is 0 Å². The number of carbonyl (C=O) groups is 3. The van der Waals surface area contributed by atoms with Gasteiger partial charge in [-0.1, -0.05) is 55.2 Å². The first kappa shape index (κ1) is 32.5. The molecule has 238 valence electrons. The molecule has 3 aromatic rings. The highest BCUT2D eigenvalue weighted by atomic mass is 35.5. The van der Waals surface area contributed by atoms with Crippen LogP contribution in [0.3, 0.4) is 0 Å². The van der Waals surface area contributed by atoms with E-state index in [2.05, 4.69) is 16.0 Å². The SMILES string of the molecule is COc1cc(C(N)=O)ccc1NC(=O)[C@@H]1N[C@@H](CC(C)(C)C(F)(F)F)[C@@]2(C(=O)Nc3cc(Cl)ccc32)[C@H]1c1cccc(Cl)c1F. The van der Waals surface area contributed by atoms with E-state index in [1.807, 2.05) is 0 Å². The molecular formula is C31H28Cl2F4N4O4. The fourth-order valence-corrected chi connectivity index (χ4v) is 6.68. The van der Waals surface area contributed by atoms with Gasteiger partial charge in [0.25, 0.3) is 0 Å². The highest BCUT2D eigenvalue weighted by Crippen LogP contribution is 2.58. The maximum atomic E-state index is 15.9. The normalized spacial score (nSPS) is 22.7. The number of primary amides is 1. The molecule has 5 N–H and O–H groups in total. The quantitative estimate of drug-likeness (QED) is 0.225. The Bertz CT molecular complexity index is 1720. The average Bonchev–Trinajstić information content (AvgIpc) is 3.43. The lowest BCUT2D eigenvalue weighted by atomic mass is 9.62. The maximum absolute atomic E-state index is 15.9. The first-order chi connectivity index (χ1) is 21.0. The Morgan fingerprint density at radius 3 is 2.44 bits per heavy atom. The molecule has 0 unspecified atom stereocenters. The first-order valence-corrected chi connectivity index (χ1v) is 14.5. The summed E-state index contributed by atoms with van der Waals surface area (Å²) in [4.78, 5) is 40.0. The van der Waals surface area contributed by atoms with E-state index in [0.717, 1.165) is 13.8 Å². The molecule has 8 nitrogen and oxygen atoms in total. The second-order valence-corrected chi connectivity index (χ2v) is 12.5. The number of hydrogen-bond donors (Lipinski definition) is 4. The van der Waals surface area contributed by atoms with Crippen LogP contribution in [0.2, 0.25) is 10.0 Å². The van der Waals surface area contributed by atoms with Crippen LogP contribution in [0.25, 0.3) is 0 Å². The fourth-order valence-electron chi connectivity index (χ4n) is 6.32. The number of carbonyl (C=O) groups excluding carboxylic acids is 3. The van der Waals surface area contributed by atoms with Crippen molar-refractivity contribution in [1.29, 1.82) is 0 Å². The molecule has 1 fully saturated rings. The second-order valence-electron chi connectivity index (χ2n) is 11.7. The molecule has 0 radical (unpaired) electrons. The van der Waals surface area contributed by atoms with Gasteiger partial charge in [-0.2, -0.15) is 13.2 Å². The van der Waals surface area contributed by atoms with Crippen molar-refractivity contribution in [2.45, 2.75) is 49.9 Å². The van der Waals surface area contributed by atoms with Gasteiger partial charge in [0, 0.05) is 28.2 Å². The number of anilines is 2. The minimum atomic E-state index is -4.69. The van der Waals surface area contributed by atoms with E-state index < -0.39 is 65.0 Å². The van der Waals surface area contributed by atoms with E-state index in [-0.39, 0.29) is 43.9 Å². The third-order valence-electron chi connectivity index (χ3n) is 8.63. The van der Waals surface area contributed by atoms with Crippen LogP contribution in [0.5, 0.6) is 5.75 Å².